The molecule has 0 saturated carbocycles. The average molecular weight is 250 g/mol. The molecule has 0 spiro atoms. The molecule has 0 aliphatic rings. The zero-order chi connectivity index (χ0) is 13.5. The molecule has 1 aromatic carbocycles. The molecule has 3 nitrogen and oxygen atoms in total. The quantitative estimate of drug-likeness (QED) is 0.576. The van der Waals surface area contributed by atoms with Gasteiger partial charge in [-0.1, -0.05) is 38.8 Å². The summed E-state index contributed by atoms with van der Waals surface area (Å²) in [5, 5.41) is 0. The zero-order valence-corrected chi connectivity index (χ0v) is 12.0. The predicted octanol–water partition coefficient (Wildman–Crippen LogP) is 3.33. The van der Waals surface area contributed by atoms with Crippen LogP contribution in [0.15, 0.2) is 18.2 Å². The number of hydrogen-bond donors (Lipinski definition) is 2. The van der Waals surface area contributed by atoms with E-state index in [0.717, 1.165) is 23.7 Å². The van der Waals surface area contributed by atoms with Crippen molar-refractivity contribution < 1.29 is 4.74 Å². The van der Waals surface area contributed by atoms with Gasteiger partial charge in [0.2, 0.25) is 0 Å². The Hall–Kier alpha value is -1.06. The Labute approximate surface area is 111 Å². The van der Waals surface area contributed by atoms with Crippen LogP contribution in [-0.2, 0) is 0 Å². The molecular weight excluding hydrogens is 224 g/mol. The number of methoxy groups -OCH3 is 1. The van der Waals surface area contributed by atoms with E-state index in [1.807, 2.05) is 6.92 Å². The summed E-state index contributed by atoms with van der Waals surface area (Å²) in [5.74, 6) is 7.33. The standard InChI is InChI=1S/C15H26N2O/c1-11(2)6-5-7-14(17-16)13-9-8-12(3)15(10-13)18-4/h8-11,14,17H,5-7,16H2,1-4H3. The molecule has 0 bridgehead atoms. The van der Waals surface area contributed by atoms with Gasteiger partial charge in [-0.15, -0.1) is 0 Å². The molecule has 1 rings (SSSR count). The summed E-state index contributed by atoms with van der Waals surface area (Å²) < 4.78 is 5.35. The summed E-state index contributed by atoms with van der Waals surface area (Å²) in [4.78, 5) is 0. The van der Waals surface area contributed by atoms with Crippen molar-refractivity contribution in [3.8, 4) is 5.75 Å². The summed E-state index contributed by atoms with van der Waals surface area (Å²) in [6.45, 7) is 6.55. The Morgan fingerprint density at radius 2 is 2.00 bits per heavy atom. The van der Waals surface area contributed by atoms with Crippen LogP contribution < -0.4 is 16.0 Å². The Morgan fingerprint density at radius 1 is 1.28 bits per heavy atom. The minimum absolute atomic E-state index is 0.207. The maximum absolute atomic E-state index is 5.66. The summed E-state index contributed by atoms with van der Waals surface area (Å²) in [7, 11) is 1.70. The van der Waals surface area contributed by atoms with E-state index in [-0.39, 0.29) is 6.04 Å². The lowest BCUT2D eigenvalue weighted by molar-refractivity contribution is 0.408. The van der Waals surface area contributed by atoms with Gasteiger partial charge >= 0.3 is 0 Å². The van der Waals surface area contributed by atoms with Crippen LogP contribution in [0.1, 0.15) is 50.3 Å². The van der Waals surface area contributed by atoms with Gasteiger partial charge < -0.3 is 4.74 Å². The molecule has 102 valence electrons. The van der Waals surface area contributed by atoms with Crippen molar-refractivity contribution in [1.29, 1.82) is 0 Å². The van der Waals surface area contributed by atoms with E-state index in [1.54, 1.807) is 7.11 Å². The first-order chi connectivity index (χ1) is 8.58. The first-order valence-electron chi connectivity index (χ1n) is 6.69. The van der Waals surface area contributed by atoms with Gasteiger partial charge in [0.05, 0.1) is 7.11 Å². The minimum Gasteiger partial charge on any atom is -0.496 e. The van der Waals surface area contributed by atoms with Crippen molar-refractivity contribution in [2.45, 2.75) is 46.1 Å². The van der Waals surface area contributed by atoms with Crippen molar-refractivity contribution in [3.63, 3.8) is 0 Å². The number of hydrogen-bond acceptors (Lipinski definition) is 3. The third-order valence-electron chi connectivity index (χ3n) is 3.31. The fourth-order valence-corrected chi connectivity index (χ4v) is 2.13. The third kappa shape index (κ3) is 4.31. The van der Waals surface area contributed by atoms with E-state index in [9.17, 15) is 0 Å². The fourth-order valence-electron chi connectivity index (χ4n) is 2.13. The summed E-state index contributed by atoms with van der Waals surface area (Å²) in [5.41, 5.74) is 5.26. The van der Waals surface area contributed by atoms with Gasteiger partial charge in [0, 0.05) is 6.04 Å². The van der Waals surface area contributed by atoms with Gasteiger partial charge in [-0.3, -0.25) is 11.3 Å². The molecule has 0 saturated heterocycles. The highest BCUT2D eigenvalue weighted by atomic mass is 16.5. The molecule has 3 heteroatoms. The number of rotatable bonds is 7. The number of ether oxygens (including phenoxy) is 1. The molecule has 0 radical (unpaired) electrons. The molecule has 1 unspecified atom stereocenters. The SMILES string of the molecule is COc1cc(C(CCCC(C)C)NN)ccc1C. The van der Waals surface area contributed by atoms with Gasteiger partial charge in [-0.2, -0.15) is 0 Å². The van der Waals surface area contributed by atoms with E-state index >= 15 is 0 Å². The number of nitrogens with two attached hydrogens (primary N) is 1. The second-order valence-electron chi connectivity index (χ2n) is 5.27. The number of nitrogens with one attached hydrogen (secondary N) is 1. The monoisotopic (exact) mass is 250 g/mol. The molecule has 0 aliphatic heterocycles. The summed E-state index contributed by atoms with van der Waals surface area (Å²) in [6, 6.07) is 6.49. The van der Waals surface area contributed by atoms with Gasteiger partial charge in [0.15, 0.2) is 0 Å². The van der Waals surface area contributed by atoms with Crippen LogP contribution in [0.4, 0.5) is 0 Å². The van der Waals surface area contributed by atoms with E-state index in [4.69, 9.17) is 10.6 Å². The maximum atomic E-state index is 5.66. The number of benzene rings is 1. The lowest BCUT2D eigenvalue weighted by atomic mass is 9.97. The number of hydrazine groups is 1. The molecule has 0 aliphatic carbocycles. The Balaban J connectivity index is 2.69. The molecule has 0 amide bonds. The molecule has 0 aromatic heterocycles. The maximum Gasteiger partial charge on any atom is 0.122 e. The zero-order valence-electron chi connectivity index (χ0n) is 12.0. The van der Waals surface area contributed by atoms with Gasteiger partial charge in [-0.05, 0) is 36.5 Å². The van der Waals surface area contributed by atoms with E-state index in [1.165, 1.54) is 18.4 Å². The molecule has 18 heavy (non-hydrogen) atoms. The Morgan fingerprint density at radius 3 is 2.56 bits per heavy atom. The Kier molecular flexibility index (Phi) is 6.16. The third-order valence-corrected chi connectivity index (χ3v) is 3.31. The molecular formula is C15H26N2O. The first-order valence-corrected chi connectivity index (χ1v) is 6.69. The molecule has 1 aromatic rings. The van der Waals surface area contributed by atoms with Crippen LogP contribution >= 0.6 is 0 Å². The smallest absolute Gasteiger partial charge is 0.122 e. The van der Waals surface area contributed by atoms with E-state index in [2.05, 4.69) is 37.5 Å². The van der Waals surface area contributed by atoms with Gasteiger partial charge in [0.25, 0.3) is 0 Å². The summed E-state index contributed by atoms with van der Waals surface area (Å²) in [6.07, 6.45) is 3.48. The van der Waals surface area contributed by atoms with Gasteiger partial charge in [0.1, 0.15) is 5.75 Å². The fraction of sp³-hybridized carbons (Fsp3) is 0.600. The minimum atomic E-state index is 0.207. The van der Waals surface area contributed by atoms with Crippen molar-refractivity contribution in [1.82, 2.24) is 5.43 Å². The second kappa shape index (κ2) is 7.39. The van der Waals surface area contributed by atoms with Crippen LogP contribution in [0.25, 0.3) is 0 Å². The second-order valence-corrected chi connectivity index (χ2v) is 5.27. The topological polar surface area (TPSA) is 47.3 Å². The van der Waals surface area contributed by atoms with Crippen LogP contribution in [0.2, 0.25) is 0 Å². The van der Waals surface area contributed by atoms with Crippen LogP contribution in [-0.4, -0.2) is 7.11 Å². The lowest BCUT2D eigenvalue weighted by Gasteiger charge is -2.18. The first kappa shape index (κ1) is 15.0. The molecule has 0 fully saturated rings. The van der Waals surface area contributed by atoms with Crippen molar-refractivity contribution in [3.05, 3.63) is 29.3 Å². The van der Waals surface area contributed by atoms with Crippen molar-refractivity contribution in [2.24, 2.45) is 11.8 Å². The van der Waals surface area contributed by atoms with Gasteiger partial charge in [-0.25, -0.2) is 0 Å². The number of aryl methyl sites for hydroxylation is 1. The summed E-state index contributed by atoms with van der Waals surface area (Å²) >= 11 is 0. The van der Waals surface area contributed by atoms with Crippen molar-refractivity contribution >= 4 is 0 Å². The molecule has 1 atom stereocenters. The van der Waals surface area contributed by atoms with E-state index in [0.29, 0.717) is 0 Å². The lowest BCUT2D eigenvalue weighted by Crippen LogP contribution is -2.28. The predicted molar refractivity (Wildman–Crippen MR) is 76.5 cm³/mol. The van der Waals surface area contributed by atoms with E-state index < -0.39 is 0 Å². The van der Waals surface area contributed by atoms with Crippen LogP contribution in [0.5, 0.6) is 5.75 Å². The highest BCUT2D eigenvalue weighted by Gasteiger charge is 2.11. The molecule has 0 heterocycles. The Bertz CT molecular complexity index is 364. The average Bonchev–Trinajstić information content (AvgIpc) is 2.35. The normalized spacial score (nSPS) is 12.8. The van der Waals surface area contributed by atoms with Crippen LogP contribution in [0, 0.1) is 12.8 Å². The van der Waals surface area contributed by atoms with Crippen molar-refractivity contribution in [2.75, 3.05) is 7.11 Å². The molecule has 3 N–H and O–H groups in total. The highest BCUT2D eigenvalue weighted by Crippen LogP contribution is 2.26. The van der Waals surface area contributed by atoms with Crippen LogP contribution in [0.3, 0.4) is 0 Å². The largest absolute Gasteiger partial charge is 0.496 e. The highest BCUT2D eigenvalue weighted by molar-refractivity contribution is 5.37.